The Morgan fingerprint density at radius 1 is 1.48 bits per heavy atom. The number of ether oxygens (including phenoxy) is 1. The number of benzene rings is 1. The van der Waals surface area contributed by atoms with Crippen molar-refractivity contribution in [1.82, 2.24) is 10.2 Å². The lowest BCUT2D eigenvalue weighted by molar-refractivity contribution is -0.113. The van der Waals surface area contributed by atoms with Crippen LogP contribution in [0.3, 0.4) is 0 Å². The number of halogens is 2. The minimum absolute atomic E-state index is 0.0577. The van der Waals surface area contributed by atoms with E-state index in [1.165, 1.54) is 41.3 Å². The van der Waals surface area contributed by atoms with Crippen LogP contribution in [-0.4, -0.2) is 42.1 Å². The second kappa shape index (κ2) is 9.02. The smallest absolute Gasteiger partial charge is 0.234 e. The van der Waals surface area contributed by atoms with Gasteiger partial charge in [0, 0.05) is 18.7 Å². The highest BCUT2D eigenvalue weighted by atomic mass is 35.5. The van der Waals surface area contributed by atoms with Crippen molar-refractivity contribution in [1.29, 1.82) is 0 Å². The maximum absolute atomic E-state index is 13.5. The summed E-state index contributed by atoms with van der Waals surface area (Å²) < 4.78 is 19.1. The van der Waals surface area contributed by atoms with Gasteiger partial charge >= 0.3 is 0 Å². The number of hydrogen-bond acceptors (Lipinski definition) is 7. The third-order valence-corrected chi connectivity index (χ3v) is 4.77. The van der Waals surface area contributed by atoms with Crippen LogP contribution in [0.4, 0.5) is 15.2 Å². The Hall–Kier alpha value is -1.42. The normalized spacial score (nSPS) is 10.6. The fraction of sp³-hybridized carbons (Fsp3) is 0.308. The standard InChI is InChI=1S/C13H14ClFN4O2S2/c1-21-5-4-16-12-18-19-13(23-12)22-7-11(20)17-10-6-8(14)2-3-9(10)15/h2-3,6H,4-5,7H2,1H3,(H,16,18)(H,17,20). The summed E-state index contributed by atoms with van der Waals surface area (Å²) in [5.41, 5.74) is 0.0577. The average Bonchev–Trinajstić information content (AvgIpc) is 2.97. The molecule has 1 aromatic carbocycles. The SMILES string of the molecule is COCCNc1nnc(SCC(=O)Nc2cc(Cl)ccc2F)s1. The van der Waals surface area contributed by atoms with E-state index in [1.54, 1.807) is 7.11 Å². The molecule has 0 fully saturated rings. The Morgan fingerprint density at radius 2 is 2.30 bits per heavy atom. The Kier molecular flexibility index (Phi) is 7.03. The van der Waals surface area contributed by atoms with Gasteiger partial charge in [-0.2, -0.15) is 0 Å². The van der Waals surface area contributed by atoms with E-state index in [2.05, 4.69) is 20.8 Å². The molecule has 23 heavy (non-hydrogen) atoms. The number of nitrogens with one attached hydrogen (secondary N) is 2. The van der Waals surface area contributed by atoms with Crippen molar-refractivity contribution in [2.75, 3.05) is 36.6 Å². The molecule has 0 aliphatic rings. The van der Waals surface area contributed by atoms with Crippen LogP contribution < -0.4 is 10.6 Å². The second-order valence-corrected chi connectivity index (χ2v) is 6.89. The van der Waals surface area contributed by atoms with E-state index in [9.17, 15) is 9.18 Å². The molecule has 2 rings (SSSR count). The molecule has 1 heterocycles. The van der Waals surface area contributed by atoms with Gasteiger partial charge < -0.3 is 15.4 Å². The molecule has 2 aromatic rings. The van der Waals surface area contributed by atoms with Gasteiger partial charge in [0.15, 0.2) is 4.34 Å². The number of anilines is 2. The summed E-state index contributed by atoms with van der Waals surface area (Å²) in [4.78, 5) is 11.8. The van der Waals surface area contributed by atoms with Gasteiger partial charge in [-0.05, 0) is 18.2 Å². The van der Waals surface area contributed by atoms with Crippen molar-refractivity contribution >= 4 is 51.4 Å². The highest BCUT2D eigenvalue weighted by Gasteiger charge is 2.10. The van der Waals surface area contributed by atoms with Crippen LogP contribution in [0.15, 0.2) is 22.5 Å². The number of hydrogen-bond donors (Lipinski definition) is 2. The molecule has 0 radical (unpaired) electrons. The van der Waals surface area contributed by atoms with Gasteiger partial charge in [-0.3, -0.25) is 4.79 Å². The number of carbonyl (C=O) groups is 1. The van der Waals surface area contributed by atoms with Crippen molar-refractivity contribution in [2.24, 2.45) is 0 Å². The molecule has 0 bridgehead atoms. The molecule has 0 aliphatic carbocycles. The van der Waals surface area contributed by atoms with Crippen molar-refractivity contribution in [2.45, 2.75) is 4.34 Å². The first-order valence-electron chi connectivity index (χ1n) is 6.52. The predicted octanol–water partition coefficient (Wildman–Crippen LogP) is 3.12. The van der Waals surface area contributed by atoms with E-state index in [-0.39, 0.29) is 17.3 Å². The Balaban J connectivity index is 1.81. The van der Waals surface area contributed by atoms with Crippen molar-refractivity contribution in [3.05, 3.63) is 29.0 Å². The van der Waals surface area contributed by atoms with Crippen LogP contribution >= 0.6 is 34.7 Å². The highest BCUT2D eigenvalue weighted by molar-refractivity contribution is 8.01. The molecule has 0 saturated heterocycles. The molecule has 2 N–H and O–H groups in total. The molecule has 0 atom stereocenters. The summed E-state index contributed by atoms with van der Waals surface area (Å²) in [5.74, 6) is -0.785. The maximum atomic E-state index is 13.5. The van der Waals surface area contributed by atoms with E-state index < -0.39 is 5.82 Å². The first-order valence-corrected chi connectivity index (χ1v) is 8.70. The molecule has 1 amide bonds. The summed E-state index contributed by atoms with van der Waals surface area (Å²) >= 11 is 8.33. The van der Waals surface area contributed by atoms with Crippen LogP contribution in [0.2, 0.25) is 5.02 Å². The van der Waals surface area contributed by atoms with Crippen molar-refractivity contribution < 1.29 is 13.9 Å². The van der Waals surface area contributed by atoms with Gasteiger partial charge in [-0.1, -0.05) is 34.7 Å². The lowest BCUT2D eigenvalue weighted by Crippen LogP contribution is -2.15. The molecule has 6 nitrogen and oxygen atoms in total. The highest BCUT2D eigenvalue weighted by Crippen LogP contribution is 2.26. The number of methoxy groups -OCH3 is 1. The van der Waals surface area contributed by atoms with Gasteiger partial charge in [0.25, 0.3) is 0 Å². The maximum Gasteiger partial charge on any atom is 0.234 e. The molecule has 10 heteroatoms. The van der Waals surface area contributed by atoms with Crippen LogP contribution in [0.5, 0.6) is 0 Å². The van der Waals surface area contributed by atoms with Gasteiger partial charge in [-0.25, -0.2) is 4.39 Å². The van der Waals surface area contributed by atoms with Crippen LogP contribution in [0, 0.1) is 5.82 Å². The van der Waals surface area contributed by atoms with Crippen LogP contribution in [0.1, 0.15) is 0 Å². The zero-order valence-electron chi connectivity index (χ0n) is 12.1. The van der Waals surface area contributed by atoms with Crippen LogP contribution in [-0.2, 0) is 9.53 Å². The Labute approximate surface area is 145 Å². The minimum atomic E-state index is -0.534. The number of thioether (sulfide) groups is 1. The minimum Gasteiger partial charge on any atom is -0.383 e. The van der Waals surface area contributed by atoms with E-state index in [4.69, 9.17) is 16.3 Å². The third kappa shape index (κ3) is 5.94. The van der Waals surface area contributed by atoms with E-state index >= 15 is 0 Å². The summed E-state index contributed by atoms with van der Waals surface area (Å²) in [6, 6.07) is 3.98. The molecule has 0 unspecified atom stereocenters. The molecular weight excluding hydrogens is 363 g/mol. The largest absolute Gasteiger partial charge is 0.383 e. The topological polar surface area (TPSA) is 76.1 Å². The summed E-state index contributed by atoms with van der Waals surface area (Å²) in [5, 5.41) is 14.4. The van der Waals surface area contributed by atoms with E-state index in [0.29, 0.717) is 27.6 Å². The molecule has 124 valence electrons. The summed E-state index contributed by atoms with van der Waals surface area (Å²) in [7, 11) is 1.62. The fourth-order valence-corrected chi connectivity index (χ4v) is 3.26. The first-order chi connectivity index (χ1) is 11.1. The lowest BCUT2D eigenvalue weighted by Gasteiger charge is -2.05. The Morgan fingerprint density at radius 3 is 3.09 bits per heavy atom. The third-order valence-electron chi connectivity index (χ3n) is 2.52. The molecule has 0 saturated carbocycles. The van der Waals surface area contributed by atoms with Gasteiger partial charge in [-0.15, -0.1) is 10.2 Å². The lowest BCUT2D eigenvalue weighted by atomic mass is 10.3. The average molecular weight is 377 g/mol. The fourth-order valence-electron chi connectivity index (χ4n) is 1.51. The van der Waals surface area contributed by atoms with Gasteiger partial charge in [0.2, 0.25) is 11.0 Å². The molecule has 0 spiro atoms. The monoisotopic (exact) mass is 376 g/mol. The van der Waals surface area contributed by atoms with E-state index in [1.807, 2.05) is 0 Å². The van der Waals surface area contributed by atoms with Gasteiger partial charge in [0.05, 0.1) is 18.0 Å². The first kappa shape index (κ1) is 17.9. The zero-order chi connectivity index (χ0) is 16.7. The second-order valence-electron chi connectivity index (χ2n) is 4.25. The van der Waals surface area contributed by atoms with Crippen molar-refractivity contribution in [3.8, 4) is 0 Å². The quantitative estimate of drug-likeness (QED) is 0.544. The van der Waals surface area contributed by atoms with Gasteiger partial charge in [0.1, 0.15) is 5.82 Å². The zero-order valence-corrected chi connectivity index (χ0v) is 14.5. The van der Waals surface area contributed by atoms with E-state index in [0.717, 1.165) is 0 Å². The summed E-state index contributed by atoms with van der Waals surface area (Å²) in [6.45, 7) is 1.19. The number of carbonyl (C=O) groups excluding carboxylic acids is 1. The number of aromatic nitrogens is 2. The molecular formula is C13H14ClFN4O2S2. The summed E-state index contributed by atoms with van der Waals surface area (Å²) in [6.07, 6.45) is 0. The Bertz CT molecular complexity index is 671. The van der Waals surface area contributed by atoms with Crippen molar-refractivity contribution in [3.63, 3.8) is 0 Å². The molecule has 1 aromatic heterocycles. The number of amides is 1. The number of rotatable bonds is 8. The molecule has 0 aliphatic heterocycles. The number of nitrogens with zero attached hydrogens (tertiary/aromatic N) is 2. The predicted molar refractivity (Wildman–Crippen MR) is 91.0 cm³/mol. The van der Waals surface area contributed by atoms with Crippen LogP contribution in [0.25, 0.3) is 0 Å².